The number of benzene rings is 1. The molecule has 112 valence electrons. The number of rotatable bonds is 6. The molecule has 0 saturated heterocycles. The van der Waals surface area contributed by atoms with Gasteiger partial charge < -0.3 is 21.1 Å². The number of carboxylic acids is 1. The van der Waals surface area contributed by atoms with E-state index in [1.54, 1.807) is 0 Å². The second-order valence-corrected chi connectivity index (χ2v) is 5.15. The second kappa shape index (κ2) is 6.41. The monoisotopic (exact) mass is 289 g/mol. The second-order valence-electron chi connectivity index (χ2n) is 5.15. The van der Waals surface area contributed by atoms with E-state index in [0.717, 1.165) is 16.5 Å². The Hall–Kier alpha value is -2.34. The summed E-state index contributed by atoms with van der Waals surface area (Å²) in [5.41, 5.74) is 7.86. The molecule has 0 radical (unpaired) electrons. The molecule has 5 N–H and O–H groups in total. The zero-order chi connectivity index (χ0) is 15.4. The first-order valence-corrected chi connectivity index (χ1v) is 6.80. The fraction of sp³-hybridized carbons (Fsp3) is 0.333. The minimum atomic E-state index is -0.944. The van der Waals surface area contributed by atoms with Crippen LogP contribution in [0.1, 0.15) is 12.5 Å². The Labute approximate surface area is 122 Å². The van der Waals surface area contributed by atoms with Crippen LogP contribution in [-0.4, -0.2) is 34.6 Å². The van der Waals surface area contributed by atoms with Gasteiger partial charge in [0.15, 0.2) is 0 Å². The molecule has 1 aromatic carbocycles. The largest absolute Gasteiger partial charge is 0.481 e. The molecule has 0 fully saturated rings. The molecular weight excluding hydrogens is 270 g/mol. The van der Waals surface area contributed by atoms with E-state index in [1.807, 2.05) is 30.5 Å². The summed E-state index contributed by atoms with van der Waals surface area (Å²) in [6.07, 6.45) is 2.25. The minimum Gasteiger partial charge on any atom is -0.481 e. The third kappa shape index (κ3) is 3.61. The number of aliphatic carboxylic acids is 1. The molecule has 2 atom stereocenters. The molecule has 6 heteroatoms. The Balaban J connectivity index is 1.96. The number of carbonyl (C=O) groups excluding carboxylic acids is 1. The Morgan fingerprint density at radius 1 is 1.38 bits per heavy atom. The normalized spacial score (nSPS) is 13.8. The van der Waals surface area contributed by atoms with E-state index in [0.29, 0.717) is 6.42 Å². The number of carboxylic acid groups (broad SMARTS) is 1. The van der Waals surface area contributed by atoms with Gasteiger partial charge in [0, 0.05) is 23.6 Å². The standard InChI is InChI=1S/C15H19N3O3/c1-9(15(20)21)7-18-14(19)12(16)6-10-8-17-13-5-3-2-4-11(10)13/h2-5,8-9,12,17H,6-7,16H2,1H3,(H,18,19)(H,20,21)/t9?,12-/m1/s1. The summed E-state index contributed by atoms with van der Waals surface area (Å²) in [6.45, 7) is 1.61. The number of hydrogen-bond donors (Lipinski definition) is 4. The van der Waals surface area contributed by atoms with E-state index in [1.165, 1.54) is 6.92 Å². The highest BCUT2D eigenvalue weighted by Gasteiger charge is 2.18. The number of carbonyl (C=O) groups is 2. The van der Waals surface area contributed by atoms with Crippen LogP contribution in [0.15, 0.2) is 30.5 Å². The maximum absolute atomic E-state index is 11.9. The highest BCUT2D eigenvalue weighted by molar-refractivity contribution is 5.86. The lowest BCUT2D eigenvalue weighted by atomic mass is 10.0. The molecule has 1 amide bonds. The van der Waals surface area contributed by atoms with Crippen LogP contribution < -0.4 is 11.1 Å². The quantitative estimate of drug-likeness (QED) is 0.633. The van der Waals surface area contributed by atoms with Crippen molar-refractivity contribution in [3.8, 4) is 0 Å². The van der Waals surface area contributed by atoms with Gasteiger partial charge in [0.2, 0.25) is 5.91 Å². The summed E-state index contributed by atoms with van der Waals surface area (Å²) in [7, 11) is 0. The highest BCUT2D eigenvalue weighted by atomic mass is 16.4. The van der Waals surface area contributed by atoms with Crippen molar-refractivity contribution < 1.29 is 14.7 Å². The van der Waals surface area contributed by atoms with Crippen molar-refractivity contribution in [3.05, 3.63) is 36.0 Å². The molecule has 2 aromatic rings. The first-order chi connectivity index (χ1) is 9.99. The van der Waals surface area contributed by atoms with Crippen LogP contribution in [0.2, 0.25) is 0 Å². The molecule has 6 nitrogen and oxygen atoms in total. The average molecular weight is 289 g/mol. The third-order valence-electron chi connectivity index (χ3n) is 3.46. The van der Waals surface area contributed by atoms with Gasteiger partial charge in [-0.3, -0.25) is 9.59 Å². The third-order valence-corrected chi connectivity index (χ3v) is 3.46. The van der Waals surface area contributed by atoms with Crippen molar-refractivity contribution >= 4 is 22.8 Å². The van der Waals surface area contributed by atoms with Gasteiger partial charge in [-0.25, -0.2) is 0 Å². The number of fused-ring (bicyclic) bond motifs is 1. The fourth-order valence-electron chi connectivity index (χ4n) is 2.10. The number of amides is 1. The number of H-pyrrole nitrogens is 1. The highest BCUT2D eigenvalue weighted by Crippen LogP contribution is 2.18. The number of aromatic amines is 1. The van der Waals surface area contributed by atoms with Gasteiger partial charge in [-0.1, -0.05) is 25.1 Å². The lowest BCUT2D eigenvalue weighted by Gasteiger charge is -2.13. The molecule has 0 bridgehead atoms. The Morgan fingerprint density at radius 2 is 2.10 bits per heavy atom. The topological polar surface area (TPSA) is 108 Å². The molecule has 0 aliphatic rings. The number of nitrogens with two attached hydrogens (primary N) is 1. The lowest BCUT2D eigenvalue weighted by Crippen LogP contribution is -2.44. The van der Waals surface area contributed by atoms with Crippen LogP contribution in [0.25, 0.3) is 10.9 Å². The van der Waals surface area contributed by atoms with Gasteiger partial charge in [0.25, 0.3) is 0 Å². The maximum atomic E-state index is 11.9. The van der Waals surface area contributed by atoms with Gasteiger partial charge in [-0.05, 0) is 18.1 Å². The minimum absolute atomic E-state index is 0.0791. The SMILES string of the molecule is CC(CNC(=O)[C@H](N)Cc1c[nH]c2ccccc12)C(=O)O. The summed E-state index contributed by atoms with van der Waals surface area (Å²) in [4.78, 5) is 25.7. The van der Waals surface area contributed by atoms with Gasteiger partial charge in [-0.2, -0.15) is 0 Å². The van der Waals surface area contributed by atoms with Crippen LogP contribution in [0.3, 0.4) is 0 Å². The van der Waals surface area contributed by atoms with Crippen molar-refractivity contribution in [2.45, 2.75) is 19.4 Å². The van der Waals surface area contributed by atoms with Crippen LogP contribution in [0.5, 0.6) is 0 Å². The Morgan fingerprint density at radius 3 is 2.81 bits per heavy atom. The van der Waals surface area contributed by atoms with Crippen LogP contribution in [-0.2, 0) is 16.0 Å². The summed E-state index contributed by atoms with van der Waals surface area (Å²) >= 11 is 0. The molecule has 2 rings (SSSR count). The zero-order valence-electron chi connectivity index (χ0n) is 11.8. The van der Waals surface area contributed by atoms with Crippen molar-refractivity contribution in [2.24, 2.45) is 11.7 Å². The zero-order valence-corrected chi connectivity index (χ0v) is 11.8. The van der Waals surface area contributed by atoms with E-state index in [2.05, 4.69) is 10.3 Å². The van der Waals surface area contributed by atoms with Crippen LogP contribution >= 0.6 is 0 Å². The van der Waals surface area contributed by atoms with Crippen LogP contribution in [0.4, 0.5) is 0 Å². The van der Waals surface area contributed by atoms with Crippen molar-refractivity contribution in [3.63, 3.8) is 0 Å². The summed E-state index contributed by atoms with van der Waals surface area (Å²) in [5, 5.41) is 12.4. The van der Waals surface area contributed by atoms with Gasteiger partial charge in [0.05, 0.1) is 12.0 Å². The summed E-state index contributed by atoms with van der Waals surface area (Å²) in [5.74, 6) is -1.91. The number of para-hydroxylation sites is 1. The smallest absolute Gasteiger partial charge is 0.308 e. The van der Waals surface area contributed by atoms with E-state index in [-0.39, 0.29) is 12.5 Å². The predicted octanol–water partition coefficient (Wildman–Crippen LogP) is 0.875. The molecular formula is C15H19N3O3. The van der Waals surface area contributed by atoms with Gasteiger partial charge in [-0.15, -0.1) is 0 Å². The summed E-state index contributed by atoms with van der Waals surface area (Å²) in [6, 6.07) is 7.09. The maximum Gasteiger partial charge on any atom is 0.308 e. The first-order valence-electron chi connectivity index (χ1n) is 6.80. The van der Waals surface area contributed by atoms with E-state index in [9.17, 15) is 9.59 Å². The Bertz CT molecular complexity index is 650. The van der Waals surface area contributed by atoms with E-state index >= 15 is 0 Å². The van der Waals surface area contributed by atoms with Crippen molar-refractivity contribution in [2.75, 3.05) is 6.54 Å². The number of hydrogen-bond acceptors (Lipinski definition) is 3. The molecule has 21 heavy (non-hydrogen) atoms. The first kappa shape index (κ1) is 15.1. The molecule has 0 spiro atoms. The predicted molar refractivity (Wildman–Crippen MR) is 79.8 cm³/mol. The molecule has 1 aromatic heterocycles. The fourth-order valence-corrected chi connectivity index (χ4v) is 2.10. The molecule has 0 aliphatic heterocycles. The van der Waals surface area contributed by atoms with E-state index < -0.39 is 17.9 Å². The number of nitrogens with one attached hydrogen (secondary N) is 2. The number of aromatic nitrogens is 1. The van der Waals surface area contributed by atoms with Crippen molar-refractivity contribution in [1.29, 1.82) is 0 Å². The molecule has 0 saturated carbocycles. The molecule has 1 unspecified atom stereocenters. The van der Waals surface area contributed by atoms with Gasteiger partial charge in [0.1, 0.15) is 0 Å². The van der Waals surface area contributed by atoms with Crippen LogP contribution in [0, 0.1) is 5.92 Å². The molecule has 1 heterocycles. The van der Waals surface area contributed by atoms with Crippen molar-refractivity contribution in [1.82, 2.24) is 10.3 Å². The average Bonchev–Trinajstić information content (AvgIpc) is 2.87. The van der Waals surface area contributed by atoms with Gasteiger partial charge >= 0.3 is 5.97 Å². The molecule has 0 aliphatic carbocycles. The summed E-state index contributed by atoms with van der Waals surface area (Å²) < 4.78 is 0. The Kier molecular flexibility index (Phi) is 4.59. The van der Waals surface area contributed by atoms with E-state index in [4.69, 9.17) is 10.8 Å². The lowest BCUT2D eigenvalue weighted by molar-refractivity contribution is -0.141.